The van der Waals surface area contributed by atoms with Crippen LogP contribution < -0.4 is 0 Å². The quantitative estimate of drug-likeness (QED) is 0.760. The van der Waals surface area contributed by atoms with Crippen LogP contribution in [-0.4, -0.2) is 53.1 Å². The van der Waals surface area contributed by atoms with E-state index in [-0.39, 0.29) is 23.5 Å². The van der Waals surface area contributed by atoms with Crippen LogP contribution >= 0.6 is 11.6 Å². The average molecular weight is 410 g/mol. The summed E-state index contributed by atoms with van der Waals surface area (Å²) in [5.41, 5.74) is 2.97. The number of nitrogens with zero attached hydrogens (tertiary/aromatic N) is 3. The van der Waals surface area contributed by atoms with E-state index in [1.807, 2.05) is 32.9 Å². The van der Waals surface area contributed by atoms with Gasteiger partial charge >= 0.3 is 0 Å². The molecular formula is C19H24ClN3O3S. The highest BCUT2D eigenvalue weighted by atomic mass is 35.5. The number of aryl methyl sites for hydroxylation is 1. The molecule has 1 unspecified atom stereocenters. The molecule has 2 aromatic rings. The van der Waals surface area contributed by atoms with Gasteiger partial charge in [0.25, 0.3) is 5.91 Å². The monoisotopic (exact) mass is 409 g/mol. The van der Waals surface area contributed by atoms with Crippen molar-refractivity contribution in [3.8, 4) is 5.69 Å². The smallest absolute Gasteiger partial charge is 0.254 e. The van der Waals surface area contributed by atoms with Gasteiger partial charge in [-0.1, -0.05) is 18.5 Å². The van der Waals surface area contributed by atoms with Crippen LogP contribution in [0.1, 0.15) is 41.5 Å². The molecule has 1 saturated heterocycles. The highest BCUT2D eigenvalue weighted by Crippen LogP contribution is 2.24. The lowest BCUT2D eigenvalue weighted by Gasteiger charge is -2.28. The zero-order valence-corrected chi connectivity index (χ0v) is 17.3. The van der Waals surface area contributed by atoms with Crippen LogP contribution in [0.3, 0.4) is 0 Å². The molecule has 0 radical (unpaired) electrons. The minimum atomic E-state index is -3.04. The number of hydrogen-bond donors (Lipinski definition) is 0. The van der Waals surface area contributed by atoms with Gasteiger partial charge in [0, 0.05) is 18.2 Å². The van der Waals surface area contributed by atoms with E-state index in [1.54, 1.807) is 21.7 Å². The van der Waals surface area contributed by atoms with Crippen LogP contribution in [0.15, 0.2) is 24.3 Å². The Hall–Kier alpha value is -1.86. The van der Waals surface area contributed by atoms with E-state index in [4.69, 9.17) is 11.6 Å². The molecule has 6 nitrogen and oxygen atoms in total. The maximum atomic E-state index is 13.0. The highest BCUT2D eigenvalue weighted by Gasteiger charge is 2.34. The fourth-order valence-electron chi connectivity index (χ4n) is 3.50. The third-order valence-electron chi connectivity index (χ3n) is 4.94. The van der Waals surface area contributed by atoms with E-state index in [2.05, 4.69) is 5.10 Å². The summed E-state index contributed by atoms with van der Waals surface area (Å²) in [7, 11) is -3.04. The maximum absolute atomic E-state index is 13.0. The molecule has 1 aromatic carbocycles. The molecule has 1 atom stereocenters. The largest absolute Gasteiger partial charge is 0.335 e. The average Bonchev–Trinajstić information content (AvgIpc) is 3.13. The molecule has 1 aliphatic heterocycles. The Bertz CT molecular complexity index is 951. The lowest BCUT2D eigenvalue weighted by Crippen LogP contribution is -2.41. The number of benzene rings is 1. The topological polar surface area (TPSA) is 72.3 Å². The molecule has 27 heavy (non-hydrogen) atoms. The molecule has 1 aromatic heterocycles. The summed E-state index contributed by atoms with van der Waals surface area (Å²) in [6.45, 7) is 6.28. The minimum absolute atomic E-state index is 0.0566. The number of halogens is 1. The predicted molar refractivity (Wildman–Crippen MR) is 106 cm³/mol. The summed E-state index contributed by atoms with van der Waals surface area (Å²) in [5, 5.41) is 5.05. The molecule has 0 saturated carbocycles. The van der Waals surface area contributed by atoms with Gasteiger partial charge in [-0.3, -0.25) is 4.79 Å². The van der Waals surface area contributed by atoms with Crippen molar-refractivity contribution in [3.63, 3.8) is 0 Å². The number of carbonyl (C=O) groups excluding carboxylic acids is 1. The third-order valence-corrected chi connectivity index (χ3v) is 7.23. The molecule has 3 rings (SSSR count). The Morgan fingerprint density at radius 3 is 2.44 bits per heavy atom. The molecule has 2 heterocycles. The number of aromatic nitrogens is 2. The van der Waals surface area contributed by atoms with Gasteiger partial charge in [0.15, 0.2) is 9.84 Å². The molecule has 1 fully saturated rings. The predicted octanol–water partition coefficient (Wildman–Crippen LogP) is 3.18. The van der Waals surface area contributed by atoms with Gasteiger partial charge < -0.3 is 4.90 Å². The summed E-state index contributed by atoms with van der Waals surface area (Å²) in [5.74, 6) is 0.0843. The molecule has 1 amide bonds. The summed E-state index contributed by atoms with van der Waals surface area (Å²) in [6.07, 6.45) is 1.29. The van der Waals surface area contributed by atoms with Crippen molar-refractivity contribution in [3.05, 3.63) is 46.2 Å². The third kappa shape index (κ3) is 4.04. The van der Waals surface area contributed by atoms with Gasteiger partial charge in [0.05, 0.1) is 33.6 Å². The zero-order valence-electron chi connectivity index (χ0n) is 15.8. The summed E-state index contributed by atoms with van der Waals surface area (Å²) in [4.78, 5) is 14.7. The fourth-order valence-corrected chi connectivity index (χ4v) is 5.35. The van der Waals surface area contributed by atoms with Gasteiger partial charge in [-0.15, -0.1) is 0 Å². The van der Waals surface area contributed by atoms with E-state index in [0.29, 0.717) is 23.6 Å². The van der Waals surface area contributed by atoms with Crippen molar-refractivity contribution in [1.29, 1.82) is 0 Å². The normalized spacial score (nSPS) is 18.6. The zero-order chi connectivity index (χ0) is 19.8. The number of hydrogen-bond acceptors (Lipinski definition) is 4. The number of sulfone groups is 1. The van der Waals surface area contributed by atoms with Gasteiger partial charge in [0.1, 0.15) is 0 Å². The molecule has 0 N–H and O–H groups in total. The number of rotatable bonds is 5. The second-order valence-electron chi connectivity index (χ2n) is 7.00. The van der Waals surface area contributed by atoms with E-state index in [0.717, 1.165) is 23.5 Å². The first kappa shape index (κ1) is 19.9. The van der Waals surface area contributed by atoms with Gasteiger partial charge in [-0.25, -0.2) is 13.1 Å². The van der Waals surface area contributed by atoms with Crippen LogP contribution in [0.4, 0.5) is 0 Å². The second kappa shape index (κ2) is 7.64. The Labute approximate surface area is 165 Å². The van der Waals surface area contributed by atoms with Crippen molar-refractivity contribution < 1.29 is 13.2 Å². The first-order valence-electron chi connectivity index (χ1n) is 9.07. The van der Waals surface area contributed by atoms with Crippen molar-refractivity contribution in [2.24, 2.45) is 0 Å². The van der Waals surface area contributed by atoms with Gasteiger partial charge in [-0.05, 0) is 51.0 Å². The van der Waals surface area contributed by atoms with Crippen molar-refractivity contribution in [1.82, 2.24) is 14.7 Å². The molecule has 0 spiro atoms. The summed E-state index contributed by atoms with van der Waals surface area (Å²) >= 11 is 6.21. The molecule has 1 aliphatic rings. The SMILES string of the molecule is CCCN(C(=O)c1ccc(-n2nc(C)c(Cl)c2C)cc1)C1CCS(=O)(=O)C1. The number of carbonyl (C=O) groups is 1. The van der Waals surface area contributed by atoms with E-state index >= 15 is 0 Å². The molecular weight excluding hydrogens is 386 g/mol. The van der Waals surface area contributed by atoms with Crippen LogP contribution in [0, 0.1) is 13.8 Å². The standard InChI is InChI=1S/C19H24ClN3O3S/c1-4-10-22(17-9-11-27(25,26)12-17)19(24)15-5-7-16(8-6-15)23-14(3)18(20)13(2)21-23/h5-8,17H,4,9-12H2,1-3H3. The Balaban J connectivity index is 1.84. The van der Waals surface area contributed by atoms with Crippen molar-refractivity contribution in [2.45, 2.75) is 39.7 Å². The van der Waals surface area contributed by atoms with Gasteiger partial charge in [-0.2, -0.15) is 5.10 Å². The van der Waals surface area contributed by atoms with Crippen LogP contribution in [0.5, 0.6) is 0 Å². The van der Waals surface area contributed by atoms with Gasteiger partial charge in [0.2, 0.25) is 0 Å². The Kier molecular flexibility index (Phi) is 5.63. The molecule has 8 heteroatoms. The molecule has 0 bridgehead atoms. The van der Waals surface area contributed by atoms with E-state index in [9.17, 15) is 13.2 Å². The van der Waals surface area contributed by atoms with Crippen LogP contribution in [0.25, 0.3) is 5.69 Å². The van der Waals surface area contributed by atoms with Crippen molar-refractivity contribution in [2.75, 3.05) is 18.1 Å². The van der Waals surface area contributed by atoms with Crippen LogP contribution in [0.2, 0.25) is 5.02 Å². The molecule has 146 valence electrons. The first-order valence-corrected chi connectivity index (χ1v) is 11.3. The lowest BCUT2D eigenvalue weighted by atomic mass is 10.1. The first-order chi connectivity index (χ1) is 12.7. The fraction of sp³-hybridized carbons (Fsp3) is 0.474. The summed E-state index contributed by atoms with van der Waals surface area (Å²) < 4.78 is 25.4. The minimum Gasteiger partial charge on any atom is -0.335 e. The second-order valence-corrected chi connectivity index (χ2v) is 9.61. The highest BCUT2D eigenvalue weighted by molar-refractivity contribution is 7.91. The Morgan fingerprint density at radius 2 is 1.96 bits per heavy atom. The summed E-state index contributed by atoms with van der Waals surface area (Å²) in [6, 6.07) is 6.94. The van der Waals surface area contributed by atoms with E-state index in [1.165, 1.54) is 0 Å². The Morgan fingerprint density at radius 1 is 1.30 bits per heavy atom. The molecule has 0 aliphatic carbocycles. The van der Waals surface area contributed by atoms with Crippen molar-refractivity contribution >= 4 is 27.3 Å². The number of amides is 1. The van der Waals surface area contributed by atoms with E-state index < -0.39 is 9.84 Å². The van der Waals surface area contributed by atoms with Crippen LogP contribution in [-0.2, 0) is 9.84 Å². The maximum Gasteiger partial charge on any atom is 0.254 e. The lowest BCUT2D eigenvalue weighted by molar-refractivity contribution is 0.0697.